The second-order valence-corrected chi connectivity index (χ2v) is 7.42. The monoisotopic (exact) mass is 348 g/mol. The maximum atomic E-state index is 13.6. The van der Waals surface area contributed by atoms with E-state index in [2.05, 4.69) is 5.32 Å². The molecule has 0 aromatic heterocycles. The van der Waals surface area contributed by atoms with E-state index < -0.39 is 11.6 Å². The normalized spacial score (nSPS) is 23.0. The first-order chi connectivity index (χ1) is 11.8. The second kappa shape index (κ2) is 6.65. The van der Waals surface area contributed by atoms with E-state index in [9.17, 15) is 14.0 Å². The molecule has 2 amide bonds. The molecule has 1 aromatic carbocycles. The Balaban J connectivity index is 1.81. The molecule has 2 aliphatic heterocycles. The number of benzene rings is 1. The van der Waals surface area contributed by atoms with Gasteiger partial charge in [-0.1, -0.05) is 13.0 Å². The molecule has 0 aliphatic carbocycles. The number of halogens is 1. The summed E-state index contributed by atoms with van der Waals surface area (Å²) < 4.78 is 19.4. The number of nitrogens with zero attached hydrogens (tertiary/aromatic N) is 1. The molecule has 25 heavy (non-hydrogen) atoms. The van der Waals surface area contributed by atoms with Gasteiger partial charge in [0.2, 0.25) is 11.8 Å². The summed E-state index contributed by atoms with van der Waals surface area (Å²) in [7, 11) is 0. The summed E-state index contributed by atoms with van der Waals surface area (Å²) in [5, 5.41) is 3.06. The van der Waals surface area contributed by atoms with Gasteiger partial charge in [0.05, 0.1) is 6.04 Å². The van der Waals surface area contributed by atoms with Crippen LogP contribution in [0.3, 0.4) is 0 Å². The number of fused-ring (bicyclic) bond motifs is 1. The summed E-state index contributed by atoms with van der Waals surface area (Å²) >= 11 is 0. The highest BCUT2D eigenvalue weighted by atomic mass is 19.1. The van der Waals surface area contributed by atoms with Gasteiger partial charge in [-0.25, -0.2) is 4.39 Å². The lowest BCUT2D eigenvalue weighted by Gasteiger charge is -2.38. The van der Waals surface area contributed by atoms with Crippen molar-refractivity contribution in [3.63, 3.8) is 0 Å². The van der Waals surface area contributed by atoms with E-state index in [1.165, 1.54) is 12.1 Å². The van der Waals surface area contributed by atoms with E-state index in [1.54, 1.807) is 11.0 Å². The minimum Gasteiger partial charge on any atom is -0.487 e. The highest BCUT2D eigenvalue weighted by Gasteiger charge is 2.37. The minimum atomic E-state index is -0.510. The van der Waals surface area contributed by atoms with Gasteiger partial charge in [0.25, 0.3) is 0 Å². The van der Waals surface area contributed by atoms with Crippen molar-refractivity contribution in [2.45, 2.75) is 64.1 Å². The van der Waals surface area contributed by atoms with Crippen LogP contribution in [-0.4, -0.2) is 34.9 Å². The highest BCUT2D eigenvalue weighted by Crippen LogP contribution is 2.39. The van der Waals surface area contributed by atoms with Crippen molar-refractivity contribution >= 4 is 11.8 Å². The Hall–Kier alpha value is -2.11. The maximum Gasteiger partial charge on any atom is 0.243 e. The third-order valence-corrected chi connectivity index (χ3v) is 4.93. The Labute approximate surface area is 147 Å². The van der Waals surface area contributed by atoms with Crippen LogP contribution >= 0.6 is 0 Å². The van der Waals surface area contributed by atoms with Crippen molar-refractivity contribution in [1.82, 2.24) is 10.2 Å². The number of likely N-dealkylation sites (tertiary alicyclic amines) is 1. The molecule has 1 saturated heterocycles. The molecule has 3 rings (SSSR count). The zero-order valence-corrected chi connectivity index (χ0v) is 15.0. The predicted octanol–water partition coefficient (Wildman–Crippen LogP) is 2.95. The molecule has 0 bridgehead atoms. The van der Waals surface area contributed by atoms with Gasteiger partial charge in [0, 0.05) is 31.0 Å². The molecular formula is C19H25FN2O3. The smallest absolute Gasteiger partial charge is 0.243 e. The Morgan fingerprint density at radius 2 is 2.24 bits per heavy atom. The van der Waals surface area contributed by atoms with Crippen LogP contribution < -0.4 is 10.1 Å². The second-order valence-electron chi connectivity index (χ2n) is 7.42. The molecule has 2 atom stereocenters. The van der Waals surface area contributed by atoms with Crippen LogP contribution in [-0.2, 0) is 9.59 Å². The van der Waals surface area contributed by atoms with Crippen molar-refractivity contribution in [3.05, 3.63) is 29.6 Å². The summed E-state index contributed by atoms with van der Waals surface area (Å²) in [6.07, 6.45) is 2.47. The average Bonchev–Trinajstić information content (AvgIpc) is 2.92. The van der Waals surface area contributed by atoms with Crippen molar-refractivity contribution < 1.29 is 18.7 Å². The fraction of sp³-hybridized carbons (Fsp3) is 0.579. The number of rotatable bonds is 4. The fourth-order valence-electron chi connectivity index (χ4n) is 3.77. The Kier molecular flexibility index (Phi) is 4.71. The molecular weight excluding hydrogens is 323 g/mol. The van der Waals surface area contributed by atoms with E-state index in [-0.39, 0.29) is 23.7 Å². The maximum absolute atomic E-state index is 13.6. The number of amides is 2. The van der Waals surface area contributed by atoms with Crippen LogP contribution in [0.25, 0.3) is 0 Å². The van der Waals surface area contributed by atoms with Gasteiger partial charge < -0.3 is 15.0 Å². The van der Waals surface area contributed by atoms with Crippen molar-refractivity contribution in [1.29, 1.82) is 0 Å². The first-order valence-electron chi connectivity index (χ1n) is 8.89. The minimum absolute atomic E-state index is 0.0387. The summed E-state index contributed by atoms with van der Waals surface area (Å²) in [5.41, 5.74) is 0.265. The first-order valence-corrected chi connectivity index (χ1v) is 8.89. The lowest BCUT2D eigenvalue weighted by molar-refractivity contribution is -0.138. The van der Waals surface area contributed by atoms with Crippen LogP contribution in [0.4, 0.5) is 4.39 Å². The molecule has 2 aliphatic rings. The Bertz CT molecular complexity index is 689. The molecule has 1 fully saturated rings. The molecule has 0 saturated carbocycles. The largest absolute Gasteiger partial charge is 0.487 e. The number of hydrogen-bond acceptors (Lipinski definition) is 3. The summed E-state index contributed by atoms with van der Waals surface area (Å²) in [6.45, 7) is 6.38. The molecule has 6 heteroatoms. The van der Waals surface area contributed by atoms with E-state index in [1.807, 2.05) is 20.8 Å². The van der Waals surface area contributed by atoms with Crippen molar-refractivity contribution in [2.24, 2.45) is 0 Å². The van der Waals surface area contributed by atoms with Crippen LogP contribution in [0.5, 0.6) is 5.75 Å². The van der Waals surface area contributed by atoms with Crippen molar-refractivity contribution in [2.75, 3.05) is 6.54 Å². The summed E-state index contributed by atoms with van der Waals surface area (Å²) in [4.78, 5) is 26.5. The zero-order valence-electron chi connectivity index (χ0n) is 15.0. The van der Waals surface area contributed by atoms with Crippen LogP contribution in [0, 0.1) is 5.82 Å². The summed E-state index contributed by atoms with van der Waals surface area (Å²) in [5.74, 6) is -0.0185. The van der Waals surface area contributed by atoms with E-state index in [0.29, 0.717) is 31.6 Å². The topological polar surface area (TPSA) is 58.6 Å². The molecule has 2 heterocycles. The lowest BCUT2D eigenvalue weighted by atomic mass is 9.89. The number of hydrogen-bond donors (Lipinski definition) is 1. The summed E-state index contributed by atoms with van der Waals surface area (Å²) in [6, 6.07) is 3.67. The van der Waals surface area contributed by atoms with Gasteiger partial charge in [0.15, 0.2) is 0 Å². The quantitative estimate of drug-likeness (QED) is 0.910. The van der Waals surface area contributed by atoms with E-state index in [0.717, 1.165) is 12.0 Å². The highest BCUT2D eigenvalue weighted by molar-refractivity contribution is 5.88. The van der Waals surface area contributed by atoms with Gasteiger partial charge in [-0.15, -0.1) is 0 Å². The SMILES string of the molecule is CC[C@H](C(=O)N[C@H]1CC(C)(C)Oc2cc(F)ccc21)N1CCCC1=O. The van der Waals surface area contributed by atoms with Gasteiger partial charge >= 0.3 is 0 Å². The molecule has 136 valence electrons. The van der Waals surface area contributed by atoms with Gasteiger partial charge in [0.1, 0.15) is 23.2 Å². The first kappa shape index (κ1) is 17.7. The zero-order chi connectivity index (χ0) is 18.2. The van der Waals surface area contributed by atoms with Crippen LogP contribution in [0.2, 0.25) is 0 Å². The van der Waals surface area contributed by atoms with Crippen molar-refractivity contribution in [3.8, 4) is 5.75 Å². The molecule has 5 nitrogen and oxygen atoms in total. The van der Waals surface area contributed by atoms with E-state index >= 15 is 0 Å². The number of carbonyl (C=O) groups is 2. The third kappa shape index (κ3) is 3.62. The Morgan fingerprint density at radius 1 is 1.48 bits per heavy atom. The van der Waals surface area contributed by atoms with Gasteiger partial charge in [-0.3, -0.25) is 9.59 Å². The molecule has 0 radical (unpaired) electrons. The molecule has 0 spiro atoms. The Morgan fingerprint density at radius 3 is 2.88 bits per heavy atom. The standard InChI is InChI=1S/C19H25FN2O3/c1-4-15(22-9-5-6-17(22)23)18(24)21-14-11-19(2,3)25-16-10-12(20)7-8-13(14)16/h7-8,10,14-15H,4-6,9,11H2,1-3H3,(H,21,24)/t14-,15+/m0/s1. The number of carbonyl (C=O) groups excluding carboxylic acids is 2. The third-order valence-electron chi connectivity index (χ3n) is 4.93. The van der Waals surface area contributed by atoms with Crippen LogP contribution in [0.15, 0.2) is 18.2 Å². The van der Waals surface area contributed by atoms with Gasteiger partial charge in [-0.05, 0) is 32.8 Å². The average molecular weight is 348 g/mol. The molecule has 1 N–H and O–H groups in total. The van der Waals surface area contributed by atoms with Crippen LogP contribution in [0.1, 0.15) is 58.1 Å². The number of nitrogens with one attached hydrogen (secondary N) is 1. The molecule has 0 unspecified atom stereocenters. The van der Waals surface area contributed by atoms with Gasteiger partial charge in [-0.2, -0.15) is 0 Å². The number of ether oxygens (including phenoxy) is 1. The lowest BCUT2D eigenvalue weighted by Crippen LogP contribution is -2.50. The predicted molar refractivity (Wildman–Crippen MR) is 91.6 cm³/mol. The molecule has 1 aromatic rings. The fourth-order valence-corrected chi connectivity index (χ4v) is 3.77. The van der Waals surface area contributed by atoms with E-state index in [4.69, 9.17) is 4.74 Å².